The number of carbonyl (C=O) groups is 2. The molecule has 2 aliphatic rings. The smallest absolute Gasteiger partial charge is 0.253 e. The molecule has 0 saturated carbocycles. The number of likely N-dealkylation sites (tertiary alicyclic amines) is 1. The van der Waals surface area contributed by atoms with Gasteiger partial charge >= 0.3 is 0 Å². The van der Waals surface area contributed by atoms with Crippen LogP contribution in [0.25, 0.3) is 11.0 Å². The van der Waals surface area contributed by atoms with Crippen molar-refractivity contribution >= 4 is 22.8 Å². The molecule has 0 unspecified atom stereocenters. The van der Waals surface area contributed by atoms with E-state index in [1.54, 1.807) is 0 Å². The summed E-state index contributed by atoms with van der Waals surface area (Å²) in [5.41, 5.74) is 5.75. The highest BCUT2D eigenvalue weighted by Crippen LogP contribution is 2.21. The highest BCUT2D eigenvalue weighted by Gasteiger charge is 2.24. The number of aromatic nitrogens is 2. The molecule has 5 rings (SSSR count). The second-order valence-corrected chi connectivity index (χ2v) is 9.66. The highest BCUT2D eigenvalue weighted by atomic mass is 16.2. The second-order valence-electron chi connectivity index (χ2n) is 9.66. The van der Waals surface area contributed by atoms with Gasteiger partial charge in [0.1, 0.15) is 5.82 Å². The van der Waals surface area contributed by atoms with E-state index in [4.69, 9.17) is 4.98 Å². The minimum Gasteiger partial charge on any atom is -0.339 e. The third-order valence-electron chi connectivity index (χ3n) is 7.39. The number of hydrogen-bond donors (Lipinski definition) is 0. The van der Waals surface area contributed by atoms with Crippen molar-refractivity contribution < 1.29 is 9.59 Å². The van der Waals surface area contributed by atoms with E-state index in [9.17, 15) is 9.59 Å². The number of carbonyl (C=O) groups excluding carboxylic acids is 2. The summed E-state index contributed by atoms with van der Waals surface area (Å²) in [5.74, 6) is 1.20. The molecule has 2 saturated heterocycles. The molecule has 0 atom stereocenters. The van der Waals surface area contributed by atoms with Crippen LogP contribution in [0, 0.1) is 13.8 Å². The molecule has 34 heavy (non-hydrogen) atoms. The zero-order chi connectivity index (χ0) is 23.8. The van der Waals surface area contributed by atoms with Crippen molar-refractivity contribution in [1.82, 2.24) is 24.3 Å². The number of imidazole rings is 1. The van der Waals surface area contributed by atoms with Crippen LogP contribution in [0.15, 0.2) is 36.4 Å². The molecule has 0 aliphatic carbocycles. The molecule has 0 radical (unpaired) electrons. The van der Waals surface area contributed by atoms with Gasteiger partial charge in [0.25, 0.3) is 11.8 Å². The molecule has 0 spiro atoms. The van der Waals surface area contributed by atoms with Crippen LogP contribution in [0.1, 0.15) is 50.5 Å². The lowest BCUT2D eigenvalue weighted by atomic mass is 10.1. The number of rotatable bonds is 4. The molecule has 178 valence electrons. The van der Waals surface area contributed by atoms with Crippen LogP contribution in [-0.4, -0.2) is 75.3 Å². The van der Waals surface area contributed by atoms with Crippen molar-refractivity contribution in [2.45, 2.75) is 33.2 Å². The van der Waals surface area contributed by atoms with Crippen molar-refractivity contribution in [2.24, 2.45) is 7.05 Å². The lowest BCUT2D eigenvalue weighted by Crippen LogP contribution is -2.48. The number of aryl methyl sites for hydroxylation is 3. The Kier molecular flexibility index (Phi) is 6.13. The molecule has 2 fully saturated rings. The first-order valence-electron chi connectivity index (χ1n) is 12.2. The SMILES string of the molecule is Cc1ccc(C(=O)N2CCN(Cc3nc4cc(C(=O)N5CCCC5)ccc4n3C)CC2)cc1C. The monoisotopic (exact) mass is 459 g/mol. The molecule has 0 N–H and O–H groups in total. The predicted octanol–water partition coefficient (Wildman–Crippen LogP) is 3.38. The van der Waals surface area contributed by atoms with Crippen molar-refractivity contribution in [3.63, 3.8) is 0 Å². The zero-order valence-corrected chi connectivity index (χ0v) is 20.4. The number of hydrogen-bond acceptors (Lipinski definition) is 4. The first kappa shape index (κ1) is 22.6. The number of benzene rings is 2. The number of nitrogens with zero attached hydrogens (tertiary/aromatic N) is 5. The van der Waals surface area contributed by atoms with Gasteiger partial charge in [-0.2, -0.15) is 0 Å². The highest BCUT2D eigenvalue weighted by molar-refractivity contribution is 5.97. The molecule has 0 bridgehead atoms. The van der Waals surface area contributed by atoms with Crippen LogP contribution in [0.2, 0.25) is 0 Å². The molecule has 2 amide bonds. The van der Waals surface area contributed by atoms with Crippen LogP contribution in [0.4, 0.5) is 0 Å². The van der Waals surface area contributed by atoms with Crippen LogP contribution < -0.4 is 0 Å². The molecule has 2 aromatic carbocycles. The summed E-state index contributed by atoms with van der Waals surface area (Å²) in [4.78, 5) is 36.8. The maximum Gasteiger partial charge on any atom is 0.253 e. The Balaban J connectivity index is 1.24. The van der Waals surface area contributed by atoms with Crippen molar-refractivity contribution in [1.29, 1.82) is 0 Å². The molecule has 3 heterocycles. The van der Waals surface area contributed by atoms with Crippen LogP contribution >= 0.6 is 0 Å². The van der Waals surface area contributed by atoms with Crippen LogP contribution in [0.5, 0.6) is 0 Å². The van der Waals surface area contributed by atoms with E-state index in [1.165, 1.54) is 5.56 Å². The molecule has 1 aromatic heterocycles. The Labute approximate surface area is 201 Å². The summed E-state index contributed by atoms with van der Waals surface area (Å²) in [7, 11) is 2.03. The first-order valence-corrected chi connectivity index (χ1v) is 12.2. The predicted molar refractivity (Wildman–Crippen MR) is 133 cm³/mol. The molecule has 3 aromatic rings. The number of piperazine rings is 1. The van der Waals surface area contributed by atoms with Gasteiger partial charge < -0.3 is 14.4 Å². The van der Waals surface area contributed by atoms with E-state index in [0.29, 0.717) is 13.1 Å². The summed E-state index contributed by atoms with van der Waals surface area (Å²) >= 11 is 0. The minimum absolute atomic E-state index is 0.108. The summed E-state index contributed by atoms with van der Waals surface area (Å²) < 4.78 is 2.12. The molecule has 7 heteroatoms. The molecular weight excluding hydrogens is 426 g/mol. The third-order valence-corrected chi connectivity index (χ3v) is 7.39. The third kappa shape index (κ3) is 4.32. The average Bonchev–Trinajstić information content (AvgIpc) is 3.49. The Morgan fingerprint density at radius 3 is 2.09 bits per heavy atom. The normalized spacial score (nSPS) is 17.0. The molecule has 2 aliphatic heterocycles. The van der Waals surface area contributed by atoms with E-state index < -0.39 is 0 Å². The maximum absolute atomic E-state index is 12.9. The summed E-state index contributed by atoms with van der Waals surface area (Å²) in [6.45, 7) is 9.60. The van der Waals surface area contributed by atoms with Gasteiger partial charge in [-0.05, 0) is 68.1 Å². The number of fused-ring (bicyclic) bond motifs is 1. The van der Waals surface area contributed by atoms with E-state index in [1.807, 2.05) is 60.2 Å². The quantitative estimate of drug-likeness (QED) is 0.600. The standard InChI is InChI=1S/C27H33N5O2/c1-19-6-7-21(16-20(19)2)26(33)32-14-12-30(13-15-32)18-25-28-23-17-22(8-9-24(23)29(25)3)27(34)31-10-4-5-11-31/h6-9,16-17H,4-5,10-15,18H2,1-3H3. The van der Waals surface area contributed by atoms with Crippen molar-refractivity contribution in [3.8, 4) is 0 Å². The largest absolute Gasteiger partial charge is 0.339 e. The lowest BCUT2D eigenvalue weighted by Gasteiger charge is -2.34. The Bertz CT molecular complexity index is 1230. The van der Waals surface area contributed by atoms with Gasteiger partial charge in [0, 0.05) is 57.4 Å². The zero-order valence-electron chi connectivity index (χ0n) is 20.4. The topological polar surface area (TPSA) is 61.7 Å². The summed E-state index contributed by atoms with van der Waals surface area (Å²) in [6.07, 6.45) is 2.18. The molecule has 7 nitrogen and oxygen atoms in total. The Hall–Kier alpha value is -3.19. The van der Waals surface area contributed by atoms with Crippen molar-refractivity contribution in [3.05, 3.63) is 64.5 Å². The summed E-state index contributed by atoms with van der Waals surface area (Å²) in [5, 5.41) is 0. The Morgan fingerprint density at radius 2 is 1.41 bits per heavy atom. The van der Waals surface area contributed by atoms with Gasteiger partial charge in [0.15, 0.2) is 0 Å². The summed E-state index contributed by atoms with van der Waals surface area (Å²) in [6, 6.07) is 11.8. The van der Waals surface area contributed by atoms with Gasteiger partial charge in [-0.3, -0.25) is 14.5 Å². The van der Waals surface area contributed by atoms with E-state index in [2.05, 4.69) is 16.4 Å². The minimum atomic E-state index is 0.108. The van der Waals surface area contributed by atoms with Gasteiger partial charge in [-0.25, -0.2) is 4.98 Å². The van der Waals surface area contributed by atoms with Crippen molar-refractivity contribution in [2.75, 3.05) is 39.3 Å². The second kappa shape index (κ2) is 9.22. The number of amides is 2. The fourth-order valence-corrected chi connectivity index (χ4v) is 4.99. The molecular formula is C27H33N5O2. The first-order chi connectivity index (χ1) is 16.4. The van der Waals surface area contributed by atoms with Gasteiger partial charge in [0.05, 0.1) is 17.6 Å². The van der Waals surface area contributed by atoms with E-state index >= 15 is 0 Å². The van der Waals surface area contributed by atoms with Gasteiger partial charge in [-0.1, -0.05) is 6.07 Å². The maximum atomic E-state index is 12.9. The lowest BCUT2D eigenvalue weighted by molar-refractivity contribution is 0.0624. The van der Waals surface area contributed by atoms with Gasteiger partial charge in [-0.15, -0.1) is 0 Å². The van der Waals surface area contributed by atoms with E-state index in [0.717, 1.165) is 79.1 Å². The van der Waals surface area contributed by atoms with Gasteiger partial charge in [0.2, 0.25) is 0 Å². The van der Waals surface area contributed by atoms with Crippen LogP contribution in [0.3, 0.4) is 0 Å². The average molecular weight is 460 g/mol. The fraction of sp³-hybridized carbons (Fsp3) is 0.444. The Morgan fingerprint density at radius 1 is 0.794 bits per heavy atom. The van der Waals surface area contributed by atoms with Crippen LogP contribution in [-0.2, 0) is 13.6 Å². The van der Waals surface area contributed by atoms with E-state index in [-0.39, 0.29) is 11.8 Å². The fourth-order valence-electron chi connectivity index (χ4n) is 4.99.